The van der Waals surface area contributed by atoms with E-state index in [0.717, 1.165) is 28.3 Å². The number of hydrogen-bond acceptors (Lipinski definition) is 3. The summed E-state index contributed by atoms with van der Waals surface area (Å²) in [6, 6.07) is 29.1. The lowest BCUT2D eigenvalue weighted by Gasteiger charge is -2.07. The van der Waals surface area contributed by atoms with Gasteiger partial charge in [-0.25, -0.2) is 9.67 Å². The van der Waals surface area contributed by atoms with Crippen LogP contribution in [0.3, 0.4) is 0 Å². The first-order valence-electron chi connectivity index (χ1n) is 9.15. The summed E-state index contributed by atoms with van der Waals surface area (Å²) in [5.41, 5.74) is 3.55. The largest absolute Gasteiger partial charge is 0.488 e. The fourth-order valence-electron chi connectivity index (χ4n) is 2.82. The minimum absolute atomic E-state index is 0.383. The average molecular weight is 400 g/mol. The van der Waals surface area contributed by atoms with Crippen molar-refractivity contribution in [1.29, 1.82) is 0 Å². The van der Waals surface area contributed by atoms with Gasteiger partial charge in [0.05, 0.1) is 11.4 Å². The van der Waals surface area contributed by atoms with Gasteiger partial charge < -0.3 is 4.74 Å². The molecular weight excluding hydrogens is 382 g/mol. The summed E-state index contributed by atoms with van der Waals surface area (Å²) in [4.78, 5) is 4.59. The second kappa shape index (κ2) is 8.64. The highest BCUT2D eigenvalue weighted by molar-refractivity contribution is 6.31. The van der Waals surface area contributed by atoms with E-state index in [4.69, 9.17) is 16.3 Å². The molecule has 0 atom stereocenters. The lowest BCUT2D eigenvalue weighted by atomic mass is 10.2. The van der Waals surface area contributed by atoms with Crippen LogP contribution in [0, 0.1) is 19.1 Å². The van der Waals surface area contributed by atoms with Gasteiger partial charge in [0.15, 0.2) is 5.82 Å². The van der Waals surface area contributed by atoms with Crippen molar-refractivity contribution in [2.75, 3.05) is 0 Å². The maximum absolute atomic E-state index is 6.18. The highest BCUT2D eigenvalue weighted by Gasteiger charge is 2.06. The van der Waals surface area contributed by atoms with Crippen molar-refractivity contribution in [1.82, 2.24) is 9.78 Å². The maximum Gasteiger partial charge on any atom is 0.155 e. The Hall–Kier alpha value is -3.55. The van der Waals surface area contributed by atoms with Gasteiger partial charge in [0.2, 0.25) is 0 Å². The fraction of sp³-hybridized carbons (Fsp3) is 0.0833. The predicted octanol–water partition coefficient (Wildman–Crippen LogP) is 5.76. The molecule has 29 heavy (non-hydrogen) atoms. The van der Waals surface area contributed by atoms with E-state index < -0.39 is 0 Å². The molecule has 4 aromatic rings. The van der Waals surface area contributed by atoms with E-state index in [-0.39, 0.29) is 0 Å². The number of ether oxygens (including phenoxy) is 1. The summed E-state index contributed by atoms with van der Waals surface area (Å²) in [6.07, 6.45) is 1.73. The van der Waals surface area contributed by atoms with Gasteiger partial charge in [-0.05, 0) is 31.2 Å². The van der Waals surface area contributed by atoms with Gasteiger partial charge in [0.1, 0.15) is 12.4 Å². The van der Waals surface area contributed by atoms with Crippen LogP contribution in [0.15, 0.2) is 77.8 Å². The molecule has 1 heterocycles. The lowest BCUT2D eigenvalue weighted by molar-refractivity contribution is 0.306. The van der Waals surface area contributed by atoms with Gasteiger partial charge in [-0.1, -0.05) is 60.1 Å². The van der Waals surface area contributed by atoms with E-state index in [1.807, 2.05) is 78.3 Å². The average Bonchev–Trinajstić information content (AvgIpc) is 3.13. The van der Waals surface area contributed by atoms with Crippen LogP contribution in [-0.2, 0) is 6.61 Å². The summed E-state index contributed by atoms with van der Waals surface area (Å²) in [6.45, 7) is 2.33. The Labute approximate surface area is 175 Å². The first-order chi connectivity index (χ1) is 14.2. The summed E-state index contributed by atoms with van der Waals surface area (Å²) in [7, 11) is 0. The molecule has 1 aromatic heterocycles. The Morgan fingerprint density at radius 1 is 1.10 bits per heavy atom. The summed E-state index contributed by atoms with van der Waals surface area (Å²) in [5, 5.41) is 5.22. The number of aliphatic imine (C=N–C) groups is 1. The molecule has 0 spiro atoms. The molecule has 0 aliphatic rings. The monoisotopic (exact) mass is 399 g/mol. The number of para-hydroxylation sites is 1. The van der Waals surface area contributed by atoms with Crippen molar-refractivity contribution in [3.05, 3.63) is 107 Å². The molecule has 0 radical (unpaired) electrons. The second-order valence-corrected chi connectivity index (χ2v) is 6.85. The smallest absolute Gasteiger partial charge is 0.155 e. The molecule has 0 aliphatic carbocycles. The van der Waals surface area contributed by atoms with E-state index in [2.05, 4.69) is 22.2 Å². The van der Waals surface area contributed by atoms with Crippen molar-refractivity contribution in [3.8, 4) is 11.4 Å². The third-order valence-corrected chi connectivity index (χ3v) is 4.60. The number of aromatic nitrogens is 2. The minimum Gasteiger partial charge on any atom is -0.488 e. The van der Waals surface area contributed by atoms with Gasteiger partial charge in [-0.2, -0.15) is 5.10 Å². The number of benzene rings is 2. The molecule has 4 rings (SSSR count). The number of rotatable bonds is 6. The molecule has 3 aromatic carbocycles. The van der Waals surface area contributed by atoms with Gasteiger partial charge in [0, 0.05) is 34.5 Å². The van der Waals surface area contributed by atoms with Crippen LogP contribution in [-0.4, -0.2) is 16.0 Å². The van der Waals surface area contributed by atoms with Crippen LogP contribution in [0.5, 0.6) is 5.75 Å². The van der Waals surface area contributed by atoms with E-state index in [1.165, 1.54) is 0 Å². The van der Waals surface area contributed by atoms with Gasteiger partial charge in [-0.15, -0.1) is 0 Å². The summed E-state index contributed by atoms with van der Waals surface area (Å²) >= 11 is 6.18. The fourth-order valence-corrected chi connectivity index (χ4v) is 3.01. The van der Waals surface area contributed by atoms with Crippen molar-refractivity contribution < 1.29 is 4.74 Å². The second-order valence-electron chi connectivity index (χ2n) is 6.45. The van der Waals surface area contributed by atoms with Gasteiger partial charge in [-0.3, -0.25) is 0 Å². The number of hydrogen-bond donors (Lipinski definition) is 0. The summed E-state index contributed by atoms with van der Waals surface area (Å²) < 4.78 is 7.66. The van der Waals surface area contributed by atoms with Crippen molar-refractivity contribution >= 4 is 23.6 Å². The molecule has 4 nitrogen and oxygen atoms in total. The Kier molecular flexibility index (Phi) is 5.60. The molecule has 0 saturated heterocycles. The Bertz CT molecular complexity index is 1140. The first-order valence-corrected chi connectivity index (χ1v) is 9.52. The van der Waals surface area contributed by atoms with E-state index in [9.17, 15) is 0 Å². The number of halogens is 1. The van der Waals surface area contributed by atoms with E-state index in [0.29, 0.717) is 17.4 Å². The Morgan fingerprint density at radius 2 is 1.90 bits per heavy atom. The van der Waals surface area contributed by atoms with Crippen LogP contribution < -0.4 is 4.74 Å². The minimum atomic E-state index is 0.383. The SMILES string of the molecule is Cc1cc(N=Cc2c#ccc(OCc3ccccc3Cl)c2)n(-c2ccccc2)n1. The lowest BCUT2D eigenvalue weighted by Crippen LogP contribution is -1.97. The zero-order valence-corrected chi connectivity index (χ0v) is 16.6. The highest BCUT2D eigenvalue weighted by atomic mass is 35.5. The number of aryl methyl sites for hydroxylation is 1. The van der Waals surface area contributed by atoms with Crippen LogP contribution in [0.1, 0.15) is 16.8 Å². The van der Waals surface area contributed by atoms with Gasteiger partial charge >= 0.3 is 0 Å². The zero-order valence-electron chi connectivity index (χ0n) is 15.8. The van der Waals surface area contributed by atoms with Crippen LogP contribution in [0.25, 0.3) is 5.69 Å². The topological polar surface area (TPSA) is 39.4 Å². The predicted molar refractivity (Wildman–Crippen MR) is 115 cm³/mol. The summed E-state index contributed by atoms with van der Waals surface area (Å²) in [5.74, 6) is 1.42. The molecule has 0 saturated carbocycles. The molecule has 5 heteroatoms. The van der Waals surface area contributed by atoms with Crippen molar-refractivity contribution in [3.63, 3.8) is 0 Å². The molecule has 0 aliphatic heterocycles. The Balaban J connectivity index is 1.51. The molecule has 0 unspecified atom stereocenters. The van der Waals surface area contributed by atoms with Crippen molar-refractivity contribution in [2.24, 2.45) is 4.99 Å². The third-order valence-electron chi connectivity index (χ3n) is 4.23. The first kappa shape index (κ1) is 18.8. The Morgan fingerprint density at radius 3 is 2.72 bits per heavy atom. The molecular formula is C24H18ClN3O. The van der Waals surface area contributed by atoms with Crippen molar-refractivity contribution in [2.45, 2.75) is 13.5 Å². The van der Waals surface area contributed by atoms with Crippen LogP contribution >= 0.6 is 11.6 Å². The quantitative estimate of drug-likeness (QED) is 0.386. The molecule has 142 valence electrons. The molecule has 0 amide bonds. The highest BCUT2D eigenvalue weighted by Crippen LogP contribution is 2.21. The molecule has 0 bridgehead atoms. The van der Waals surface area contributed by atoms with Crippen LogP contribution in [0.2, 0.25) is 5.02 Å². The molecule has 0 N–H and O–H groups in total. The zero-order chi connectivity index (χ0) is 20.1. The number of nitrogens with zero attached hydrogens (tertiary/aromatic N) is 3. The normalized spacial score (nSPS) is 10.8. The molecule has 0 fully saturated rings. The van der Waals surface area contributed by atoms with E-state index >= 15 is 0 Å². The van der Waals surface area contributed by atoms with E-state index in [1.54, 1.807) is 12.3 Å². The van der Waals surface area contributed by atoms with Gasteiger partial charge in [0.25, 0.3) is 0 Å². The third kappa shape index (κ3) is 4.66. The maximum atomic E-state index is 6.18. The standard InChI is InChI=1S/C24H18ClN3O/c1-18-14-24(28(27-18)21-10-3-2-4-11-21)26-16-19-8-7-12-22(15-19)29-17-20-9-5-6-13-23(20)25/h2-6,9-16H,17H2,1H3. The van der Waals surface area contributed by atoms with Crippen LogP contribution in [0.4, 0.5) is 5.82 Å².